The van der Waals surface area contributed by atoms with Crippen LogP contribution in [0.15, 0.2) is 29.8 Å². The molecule has 0 saturated carbocycles. The summed E-state index contributed by atoms with van der Waals surface area (Å²) < 4.78 is 13.2. The Morgan fingerprint density at radius 2 is 2.12 bits per heavy atom. The van der Waals surface area contributed by atoms with E-state index in [2.05, 4.69) is 0 Å². The van der Waals surface area contributed by atoms with E-state index in [0.29, 0.717) is 5.56 Å². The molecule has 0 saturated heterocycles. The van der Waals surface area contributed by atoms with E-state index in [4.69, 9.17) is 5.73 Å². The zero-order valence-corrected chi connectivity index (χ0v) is 9.00. The summed E-state index contributed by atoms with van der Waals surface area (Å²) in [5, 5.41) is 0. The van der Waals surface area contributed by atoms with Gasteiger partial charge < -0.3 is 5.73 Å². The second-order valence-corrected chi connectivity index (χ2v) is 4.04. The van der Waals surface area contributed by atoms with Gasteiger partial charge in [-0.1, -0.05) is 6.08 Å². The van der Waals surface area contributed by atoms with E-state index >= 15 is 0 Å². The van der Waals surface area contributed by atoms with Crippen LogP contribution in [-0.4, -0.2) is 5.78 Å². The normalized spacial score (nSPS) is 15.7. The number of carbonyl (C=O) groups excluding carboxylic acids is 1. The van der Waals surface area contributed by atoms with Gasteiger partial charge in [0.2, 0.25) is 0 Å². The molecule has 0 aromatic heterocycles. The van der Waals surface area contributed by atoms with Crippen molar-refractivity contribution >= 4 is 11.5 Å². The van der Waals surface area contributed by atoms with Crippen molar-refractivity contribution in [2.24, 2.45) is 0 Å². The van der Waals surface area contributed by atoms with Crippen LogP contribution in [0.25, 0.3) is 0 Å². The summed E-state index contributed by atoms with van der Waals surface area (Å²) in [6, 6.07) is 4.23. The van der Waals surface area contributed by atoms with Gasteiger partial charge in [0, 0.05) is 5.56 Å². The Balaban J connectivity index is 2.26. The summed E-state index contributed by atoms with van der Waals surface area (Å²) in [7, 11) is 0. The zero-order chi connectivity index (χ0) is 11.5. The molecule has 2 rings (SSSR count). The summed E-state index contributed by atoms with van der Waals surface area (Å²) in [5.74, 6) is -0.596. The highest BCUT2D eigenvalue weighted by Crippen LogP contribution is 2.22. The van der Waals surface area contributed by atoms with E-state index in [0.717, 1.165) is 31.3 Å². The highest BCUT2D eigenvalue weighted by atomic mass is 19.1. The Kier molecular flexibility index (Phi) is 3.04. The number of halogens is 1. The highest BCUT2D eigenvalue weighted by molar-refractivity contribution is 6.08. The highest BCUT2D eigenvalue weighted by Gasteiger charge is 2.15. The molecule has 84 valence electrons. The number of Topliss-reactive ketones (excluding diaryl/α,β-unsaturated/α-hetero) is 1. The van der Waals surface area contributed by atoms with E-state index < -0.39 is 5.82 Å². The van der Waals surface area contributed by atoms with Crippen molar-refractivity contribution in [1.82, 2.24) is 0 Å². The SMILES string of the molecule is Nc1ccc(C(=O)C2=CCCCC2)cc1F. The monoisotopic (exact) mass is 219 g/mol. The van der Waals surface area contributed by atoms with Crippen LogP contribution in [0.3, 0.4) is 0 Å². The maximum atomic E-state index is 13.2. The summed E-state index contributed by atoms with van der Waals surface area (Å²) in [6.07, 6.45) is 5.87. The average molecular weight is 219 g/mol. The molecular formula is C13H14FNO. The molecular weight excluding hydrogens is 205 g/mol. The van der Waals surface area contributed by atoms with Gasteiger partial charge in [0.1, 0.15) is 5.82 Å². The molecule has 16 heavy (non-hydrogen) atoms. The van der Waals surface area contributed by atoms with Crippen LogP contribution in [-0.2, 0) is 0 Å². The second kappa shape index (κ2) is 4.47. The fourth-order valence-electron chi connectivity index (χ4n) is 1.90. The van der Waals surface area contributed by atoms with Crippen LogP contribution >= 0.6 is 0 Å². The predicted molar refractivity (Wildman–Crippen MR) is 61.7 cm³/mol. The van der Waals surface area contributed by atoms with E-state index in [-0.39, 0.29) is 11.5 Å². The van der Waals surface area contributed by atoms with Gasteiger partial charge >= 0.3 is 0 Å². The molecule has 0 bridgehead atoms. The minimum atomic E-state index is -0.526. The topological polar surface area (TPSA) is 43.1 Å². The molecule has 2 N–H and O–H groups in total. The average Bonchev–Trinajstić information content (AvgIpc) is 2.33. The molecule has 0 radical (unpaired) electrons. The minimum Gasteiger partial charge on any atom is -0.396 e. The number of rotatable bonds is 2. The van der Waals surface area contributed by atoms with Gasteiger partial charge in [-0.3, -0.25) is 4.79 Å². The van der Waals surface area contributed by atoms with Crippen LogP contribution in [0.5, 0.6) is 0 Å². The number of nitrogen functional groups attached to an aromatic ring is 1. The molecule has 2 nitrogen and oxygen atoms in total. The van der Waals surface area contributed by atoms with E-state index in [1.165, 1.54) is 12.1 Å². The van der Waals surface area contributed by atoms with Crippen LogP contribution in [0.1, 0.15) is 36.0 Å². The number of hydrogen-bond acceptors (Lipinski definition) is 2. The molecule has 0 aliphatic heterocycles. The minimum absolute atomic E-state index is 0.0707. The van der Waals surface area contributed by atoms with Crippen molar-refractivity contribution in [3.8, 4) is 0 Å². The molecule has 0 fully saturated rings. The third-order valence-electron chi connectivity index (χ3n) is 2.85. The number of ketones is 1. The molecule has 0 amide bonds. The van der Waals surface area contributed by atoms with Gasteiger partial charge in [-0.2, -0.15) is 0 Å². The van der Waals surface area contributed by atoms with E-state index in [1.54, 1.807) is 6.07 Å². The molecule has 3 heteroatoms. The first-order valence-corrected chi connectivity index (χ1v) is 5.47. The Morgan fingerprint density at radius 3 is 2.75 bits per heavy atom. The third-order valence-corrected chi connectivity index (χ3v) is 2.85. The number of hydrogen-bond donors (Lipinski definition) is 1. The standard InChI is InChI=1S/C13H14FNO/c14-11-8-10(6-7-12(11)15)13(16)9-4-2-1-3-5-9/h4,6-8H,1-3,5,15H2. The zero-order valence-electron chi connectivity index (χ0n) is 9.00. The first-order chi connectivity index (χ1) is 7.68. The summed E-state index contributed by atoms with van der Waals surface area (Å²) >= 11 is 0. The number of benzene rings is 1. The van der Waals surface area contributed by atoms with Gasteiger partial charge in [-0.05, 0) is 49.5 Å². The van der Waals surface area contributed by atoms with Crippen molar-refractivity contribution in [2.45, 2.75) is 25.7 Å². The van der Waals surface area contributed by atoms with Crippen LogP contribution < -0.4 is 5.73 Å². The quantitative estimate of drug-likeness (QED) is 0.613. The second-order valence-electron chi connectivity index (χ2n) is 4.04. The van der Waals surface area contributed by atoms with Crippen molar-refractivity contribution < 1.29 is 9.18 Å². The lowest BCUT2D eigenvalue weighted by Crippen LogP contribution is -2.07. The Hall–Kier alpha value is -1.64. The van der Waals surface area contributed by atoms with Crippen LogP contribution in [0.4, 0.5) is 10.1 Å². The fraction of sp³-hybridized carbons (Fsp3) is 0.308. The fourth-order valence-corrected chi connectivity index (χ4v) is 1.90. The van der Waals surface area contributed by atoms with Crippen LogP contribution in [0, 0.1) is 5.82 Å². The van der Waals surface area contributed by atoms with Crippen LogP contribution in [0.2, 0.25) is 0 Å². The molecule has 1 aliphatic rings. The van der Waals surface area contributed by atoms with Crippen molar-refractivity contribution in [1.29, 1.82) is 0 Å². The van der Waals surface area contributed by atoms with Crippen molar-refractivity contribution in [3.05, 3.63) is 41.2 Å². The van der Waals surface area contributed by atoms with Gasteiger partial charge in [0.25, 0.3) is 0 Å². The predicted octanol–water partition coefficient (Wildman–Crippen LogP) is 3.09. The van der Waals surface area contributed by atoms with Gasteiger partial charge in [-0.15, -0.1) is 0 Å². The lowest BCUT2D eigenvalue weighted by atomic mass is 9.93. The van der Waals surface area contributed by atoms with Gasteiger partial charge in [-0.25, -0.2) is 4.39 Å². The molecule has 0 atom stereocenters. The largest absolute Gasteiger partial charge is 0.396 e. The maximum absolute atomic E-state index is 13.2. The molecule has 0 unspecified atom stereocenters. The van der Waals surface area contributed by atoms with E-state index in [9.17, 15) is 9.18 Å². The molecule has 1 aliphatic carbocycles. The smallest absolute Gasteiger partial charge is 0.188 e. The molecule has 1 aromatic rings. The lowest BCUT2D eigenvalue weighted by molar-refractivity contribution is 0.102. The van der Waals surface area contributed by atoms with Crippen molar-refractivity contribution in [3.63, 3.8) is 0 Å². The third kappa shape index (κ3) is 2.13. The first-order valence-electron chi connectivity index (χ1n) is 5.47. The number of carbonyl (C=O) groups is 1. The Morgan fingerprint density at radius 1 is 1.31 bits per heavy atom. The number of allylic oxidation sites excluding steroid dienone is 2. The van der Waals surface area contributed by atoms with Crippen molar-refractivity contribution in [2.75, 3.05) is 5.73 Å². The lowest BCUT2D eigenvalue weighted by Gasteiger charge is -2.11. The van der Waals surface area contributed by atoms with E-state index in [1.807, 2.05) is 6.08 Å². The molecule has 1 aromatic carbocycles. The Bertz CT molecular complexity index is 451. The Labute approximate surface area is 94.0 Å². The summed E-state index contributed by atoms with van der Waals surface area (Å²) in [4.78, 5) is 12.0. The number of anilines is 1. The first kappa shape index (κ1) is 10.9. The molecule has 0 heterocycles. The number of nitrogens with two attached hydrogens (primary N) is 1. The summed E-state index contributed by atoms with van der Waals surface area (Å²) in [6.45, 7) is 0. The molecule has 0 spiro atoms. The summed E-state index contributed by atoms with van der Waals surface area (Å²) in [5.41, 5.74) is 6.63. The maximum Gasteiger partial charge on any atom is 0.188 e. The van der Waals surface area contributed by atoms with Gasteiger partial charge in [0.05, 0.1) is 5.69 Å². The van der Waals surface area contributed by atoms with Gasteiger partial charge in [0.15, 0.2) is 5.78 Å².